The van der Waals surface area contributed by atoms with E-state index in [9.17, 15) is 20.2 Å². The van der Waals surface area contributed by atoms with Crippen molar-refractivity contribution >= 4 is 23.4 Å². The summed E-state index contributed by atoms with van der Waals surface area (Å²) >= 11 is 0. The molecule has 8 nitrogen and oxygen atoms in total. The Morgan fingerprint density at radius 3 is 2.38 bits per heavy atom. The van der Waals surface area contributed by atoms with Gasteiger partial charge in [0.1, 0.15) is 17.4 Å². The maximum atomic E-state index is 12.3. The normalized spacial score (nSPS) is 10.6. The van der Waals surface area contributed by atoms with Gasteiger partial charge in [0.25, 0.3) is 5.91 Å². The van der Waals surface area contributed by atoms with Crippen molar-refractivity contribution in [2.75, 3.05) is 19.5 Å². The summed E-state index contributed by atoms with van der Waals surface area (Å²) in [6.07, 6.45) is 1.23. The molecule has 2 rings (SSSR count). The molecular weight excluding hydrogens is 338 g/mol. The summed E-state index contributed by atoms with van der Waals surface area (Å²) < 4.78 is 10.2. The van der Waals surface area contributed by atoms with Crippen LogP contribution in [-0.2, 0) is 4.79 Å². The summed E-state index contributed by atoms with van der Waals surface area (Å²) in [7, 11) is 2.67. The van der Waals surface area contributed by atoms with Gasteiger partial charge < -0.3 is 14.8 Å². The van der Waals surface area contributed by atoms with Gasteiger partial charge in [-0.25, -0.2) is 0 Å². The number of amides is 1. The highest BCUT2D eigenvalue weighted by atomic mass is 16.6. The smallest absolute Gasteiger partial charge is 0.311 e. The quantitative estimate of drug-likeness (QED) is 0.369. The highest BCUT2D eigenvalue weighted by molar-refractivity contribution is 6.09. The molecule has 26 heavy (non-hydrogen) atoms. The van der Waals surface area contributed by atoms with Gasteiger partial charge in [0.2, 0.25) is 5.75 Å². The Morgan fingerprint density at radius 1 is 1.19 bits per heavy atom. The predicted octanol–water partition coefficient (Wildman–Crippen LogP) is 3.16. The molecule has 0 saturated heterocycles. The number of nitrogens with zero attached hydrogens (tertiary/aromatic N) is 2. The number of para-hydroxylation sites is 1. The molecule has 0 aliphatic heterocycles. The van der Waals surface area contributed by atoms with E-state index in [4.69, 9.17) is 9.47 Å². The Balaban J connectivity index is 2.44. The molecule has 132 valence electrons. The average molecular weight is 353 g/mol. The third-order valence-corrected chi connectivity index (χ3v) is 3.42. The number of carbonyl (C=O) groups excluding carboxylic acids is 1. The van der Waals surface area contributed by atoms with Gasteiger partial charge in [-0.2, -0.15) is 5.26 Å². The summed E-state index contributed by atoms with van der Waals surface area (Å²) in [6, 6.07) is 12.9. The van der Waals surface area contributed by atoms with Gasteiger partial charge >= 0.3 is 5.69 Å². The third-order valence-electron chi connectivity index (χ3n) is 3.42. The van der Waals surface area contributed by atoms with Gasteiger partial charge in [-0.3, -0.25) is 14.9 Å². The van der Waals surface area contributed by atoms with Crippen LogP contribution in [0.4, 0.5) is 11.4 Å². The van der Waals surface area contributed by atoms with Crippen LogP contribution in [-0.4, -0.2) is 25.1 Å². The minimum absolute atomic E-state index is 0.0104. The standard InChI is InChI=1S/C18H15N3O5/c1-25-16-10-17(26-2)15(21(23)24)9-12(16)8-13(11-19)18(22)20-14-6-4-3-5-7-14/h3-10H,1-2H3,(H,20,22). The van der Waals surface area contributed by atoms with Gasteiger partial charge in [0.15, 0.2) is 0 Å². The van der Waals surface area contributed by atoms with Crippen LogP contribution in [0.1, 0.15) is 5.56 Å². The first-order valence-corrected chi connectivity index (χ1v) is 7.38. The number of ether oxygens (including phenoxy) is 2. The van der Waals surface area contributed by atoms with Crippen LogP contribution < -0.4 is 14.8 Å². The number of nitro benzene ring substituents is 1. The topological polar surface area (TPSA) is 114 Å². The largest absolute Gasteiger partial charge is 0.496 e. The highest BCUT2D eigenvalue weighted by Crippen LogP contribution is 2.35. The van der Waals surface area contributed by atoms with Gasteiger partial charge in [-0.05, 0) is 18.2 Å². The molecule has 0 bridgehead atoms. The molecule has 0 aliphatic rings. The molecule has 0 atom stereocenters. The maximum Gasteiger partial charge on any atom is 0.311 e. The fourth-order valence-electron chi connectivity index (χ4n) is 2.19. The Hall–Kier alpha value is -3.86. The van der Waals surface area contributed by atoms with Crippen LogP contribution in [0.3, 0.4) is 0 Å². The third kappa shape index (κ3) is 4.15. The van der Waals surface area contributed by atoms with Gasteiger partial charge in [0.05, 0.1) is 19.1 Å². The first-order valence-electron chi connectivity index (χ1n) is 7.38. The zero-order chi connectivity index (χ0) is 19.1. The summed E-state index contributed by atoms with van der Waals surface area (Å²) in [6.45, 7) is 0. The van der Waals surface area contributed by atoms with Gasteiger partial charge in [-0.1, -0.05) is 18.2 Å². The fourth-order valence-corrected chi connectivity index (χ4v) is 2.19. The van der Waals surface area contributed by atoms with Crippen LogP contribution in [0.15, 0.2) is 48.0 Å². The number of rotatable bonds is 6. The predicted molar refractivity (Wildman–Crippen MR) is 94.9 cm³/mol. The summed E-state index contributed by atoms with van der Waals surface area (Å²) in [5.74, 6) is -0.400. The summed E-state index contributed by atoms with van der Waals surface area (Å²) in [5.41, 5.74) is 0.193. The van der Waals surface area contributed by atoms with Crippen molar-refractivity contribution in [2.24, 2.45) is 0 Å². The minimum Gasteiger partial charge on any atom is -0.496 e. The highest BCUT2D eigenvalue weighted by Gasteiger charge is 2.20. The number of nitro groups is 1. The lowest BCUT2D eigenvalue weighted by molar-refractivity contribution is -0.385. The van der Waals surface area contributed by atoms with E-state index in [-0.39, 0.29) is 28.3 Å². The van der Waals surface area contributed by atoms with E-state index in [2.05, 4.69) is 5.32 Å². The lowest BCUT2D eigenvalue weighted by Crippen LogP contribution is -2.13. The minimum atomic E-state index is -0.640. The maximum absolute atomic E-state index is 12.3. The summed E-state index contributed by atoms with van der Waals surface area (Å²) in [4.78, 5) is 22.9. The molecule has 0 heterocycles. The van der Waals surface area contributed by atoms with Gasteiger partial charge in [-0.15, -0.1) is 0 Å². The van der Waals surface area contributed by atoms with Crippen LogP contribution in [0.5, 0.6) is 11.5 Å². The van der Waals surface area contributed by atoms with Crippen molar-refractivity contribution < 1.29 is 19.2 Å². The number of carbonyl (C=O) groups is 1. The van der Waals surface area contributed by atoms with E-state index in [0.29, 0.717) is 5.69 Å². The van der Waals surface area contributed by atoms with Crippen molar-refractivity contribution in [3.63, 3.8) is 0 Å². The number of methoxy groups -OCH3 is 2. The van der Waals surface area contributed by atoms with E-state index < -0.39 is 10.8 Å². The molecule has 0 radical (unpaired) electrons. The number of anilines is 1. The number of benzene rings is 2. The zero-order valence-electron chi connectivity index (χ0n) is 14.1. The first-order chi connectivity index (χ1) is 12.5. The lowest BCUT2D eigenvalue weighted by atomic mass is 10.1. The molecule has 0 aromatic heterocycles. The monoisotopic (exact) mass is 353 g/mol. The Bertz CT molecular complexity index is 901. The number of hydrogen-bond acceptors (Lipinski definition) is 6. The zero-order valence-corrected chi connectivity index (χ0v) is 14.1. The number of hydrogen-bond donors (Lipinski definition) is 1. The second-order valence-electron chi connectivity index (χ2n) is 5.01. The molecule has 8 heteroatoms. The Morgan fingerprint density at radius 2 is 1.85 bits per heavy atom. The van der Waals surface area contributed by atoms with Crippen LogP contribution in [0, 0.1) is 21.4 Å². The van der Waals surface area contributed by atoms with Crippen LogP contribution in [0.25, 0.3) is 6.08 Å². The Kier molecular flexibility index (Phi) is 5.90. The average Bonchev–Trinajstić information content (AvgIpc) is 2.65. The molecule has 2 aromatic carbocycles. The molecule has 0 spiro atoms. The molecule has 0 unspecified atom stereocenters. The van der Waals surface area contributed by atoms with Crippen molar-refractivity contribution in [1.82, 2.24) is 0 Å². The lowest BCUT2D eigenvalue weighted by Gasteiger charge is -2.09. The summed E-state index contributed by atoms with van der Waals surface area (Å²) in [5, 5.41) is 23.1. The molecule has 0 aliphatic carbocycles. The molecule has 2 aromatic rings. The SMILES string of the molecule is COc1cc(OC)c([N+](=O)[O-])cc1C=C(C#N)C(=O)Nc1ccccc1. The van der Waals surface area contributed by atoms with Crippen LogP contribution >= 0.6 is 0 Å². The van der Waals surface area contributed by atoms with E-state index in [1.165, 1.54) is 32.4 Å². The van der Waals surface area contributed by atoms with Crippen molar-refractivity contribution in [2.45, 2.75) is 0 Å². The van der Waals surface area contributed by atoms with Gasteiger partial charge in [0, 0.05) is 23.4 Å². The second-order valence-corrected chi connectivity index (χ2v) is 5.01. The second kappa shape index (κ2) is 8.30. The van der Waals surface area contributed by atoms with Crippen molar-refractivity contribution in [3.8, 4) is 17.6 Å². The Labute approximate surface area is 149 Å². The molecule has 1 N–H and O–H groups in total. The van der Waals surface area contributed by atoms with E-state index in [1.54, 1.807) is 36.4 Å². The molecule has 0 fully saturated rings. The fraction of sp³-hybridized carbons (Fsp3) is 0.111. The van der Waals surface area contributed by atoms with Crippen molar-refractivity contribution in [3.05, 3.63) is 63.7 Å². The molecule has 1 amide bonds. The number of nitriles is 1. The molecule has 0 saturated carbocycles. The van der Waals surface area contributed by atoms with E-state index in [0.717, 1.165) is 0 Å². The molecular formula is C18H15N3O5. The van der Waals surface area contributed by atoms with Crippen molar-refractivity contribution in [1.29, 1.82) is 5.26 Å². The first kappa shape index (κ1) is 18.5. The number of nitrogens with one attached hydrogen (secondary N) is 1. The van der Waals surface area contributed by atoms with Crippen LogP contribution in [0.2, 0.25) is 0 Å². The van der Waals surface area contributed by atoms with E-state index in [1.807, 2.05) is 0 Å². The van der Waals surface area contributed by atoms with E-state index >= 15 is 0 Å².